The third-order valence-electron chi connectivity index (χ3n) is 3.63. The van der Waals surface area contributed by atoms with E-state index < -0.39 is 17.8 Å². The second-order valence-electron chi connectivity index (χ2n) is 5.71. The number of hydrogen-bond donors (Lipinski definition) is 3. The van der Waals surface area contributed by atoms with Crippen LogP contribution in [0.1, 0.15) is 5.56 Å². The molecule has 0 unspecified atom stereocenters. The summed E-state index contributed by atoms with van der Waals surface area (Å²) >= 11 is 3.32. The molecule has 28 heavy (non-hydrogen) atoms. The lowest BCUT2D eigenvalue weighted by atomic mass is 10.1. The van der Waals surface area contributed by atoms with Crippen LogP contribution in [0.4, 0.5) is 10.5 Å². The van der Waals surface area contributed by atoms with Gasteiger partial charge in [0.2, 0.25) is 0 Å². The number of urea groups is 1. The Labute approximate surface area is 168 Å². The van der Waals surface area contributed by atoms with Crippen molar-refractivity contribution in [3.8, 4) is 5.75 Å². The highest BCUT2D eigenvalue weighted by Gasteiger charge is 2.27. The standard InChI is InChI=1S/C19H14BrN3O5/c20-12-3-5-13(6-4-12)21-16(24)10-28-14-7-1-11(2-8-14)9-15-17(25)22-19(27)23-18(15)26/h1-9H,10H2,(H,21,24)(H2,22,23,25,26,27). The Morgan fingerprint density at radius 1 is 0.964 bits per heavy atom. The van der Waals surface area contributed by atoms with Gasteiger partial charge in [0.25, 0.3) is 17.7 Å². The monoisotopic (exact) mass is 443 g/mol. The Bertz CT molecular complexity index is 946. The van der Waals surface area contributed by atoms with Crippen molar-refractivity contribution in [3.05, 3.63) is 64.1 Å². The lowest BCUT2D eigenvalue weighted by Crippen LogP contribution is -2.51. The zero-order valence-corrected chi connectivity index (χ0v) is 15.9. The van der Waals surface area contributed by atoms with Crippen molar-refractivity contribution in [2.24, 2.45) is 0 Å². The first-order valence-electron chi connectivity index (χ1n) is 8.07. The number of rotatable bonds is 5. The van der Waals surface area contributed by atoms with Gasteiger partial charge in [-0.2, -0.15) is 0 Å². The van der Waals surface area contributed by atoms with Crippen LogP contribution in [0.2, 0.25) is 0 Å². The van der Waals surface area contributed by atoms with Gasteiger partial charge in [0.1, 0.15) is 11.3 Å². The lowest BCUT2D eigenvalue weighted by Gasteiger charge is -2.14. The molecule has 1 aliphatic heterocycles. The van der Waals surface area contributed by atoms with Crippen molar-refractivity contribution in [1.29, 1.82) is 0 Å². The van der Waals surface area contributed by atoms with Gasteiger partial charge in [-0.1, -0.05) is 28.1 Å². The summed E-state index contributed by atoms with van der Waals surface area (Å²) in [5, 5.41) is 6.70. The Morgan fingerprint density at radius 2 is 1.57 bits per heavy atom. The normalized spacial score (nSPS) is 13.5. The van der Waals surface area contributed by atoms with E-state index in [1.54, 1.807) is 36.4 Å². The number of carbonyl (C=O) groups excluding carboxylic acids is 4. The van der Waals surface area contributed by atoms with E-state index in [0.717, 1.165) is 4.47 Å². The van der Waals surface area contributed by atoms with Gasteiger partial charge in [-0.15, -0.1) is 0 Å². The highest BCUT2D eigenvalue weighted by atomic mass is 79.9. The van der Waals surface area contributed by atoms with Gasteiger partial charge in [-0.05, 0) is 48.0 Å². The maximum absolute atomic E-state index is 11.9. The number of hydrogen-bond acceptors (Lipinski definition) is 5. The molecule has 3 rings (SSSR count). The van der Waals surface area contributed by atoms with Gasteiger partial charge in [0, 0.05) is 10.2 Å². The number of ether oxygens (including phenoxy) is 1. The molecule has 0 aromatic heterocycles. The number of anilines is 1. The lowest BCUT2D eigenvalue weighted by molar-refractivity contribution is -0.124. The first kappa shape index (κ1) is 19.3. The molecule has 142 valence electrons. The first-order valence-corrected chi connectivity index (χ1v) is 8.86. The average Bonchev–Trinajstić information content (AvgIpc) is 2.66. The Hall–Kier alpha value is -3.46. The molecule has 1 fully saturated rings. The summed E-state index contributed by atoms with van der Waals surface area (Å²) in [4.78, 5) is 46.4. The SMILES string of the molecule is O=C(COc1ccc(C=C2C(=O)NC(=O)NC2=O)cc1)Nc1ccc(Br)cc1. The molecular formula is C19H14BrN3O5. The van der Waals surface area contributed by atoms with Crippen molar-refractivity contribution >= 4 is 51.4 Å². The molecule has 0 radical (unpaired) electrons. The van der Waals surface area contributed by atoms with E-state index in [4.69, 9.17) is 4.74 Å². The van der Waals surface area contributed by atoms with Crippen LogP contribution < -0.4 is 20.7 Å². The number of carbonyl (C=O) groups is 4. The fourth-order valence-corrected chi connectivity index (χ4v) is 2.58. The molecule has 0 aliphatic carbocycles. The van der Waals surface area contributed by atoms with E-state index in [2.05, 4.69) is 21.2 Å². The van der Waals surface area contributed by atoms with Gasteiger partial charge < -0.3 is 10.1 Å². The summed E-state index contributed by atoms with van der Waals surface area (Å²) in [6.07, 6.45) is 1.35. The molecule has 2 aromatic carbocycles. The Balaban J connectivity index is 1.57. The zero-order valence-electron chi connectivity index (χ0n) is 14.3. The van der Waals surface area contributed by atoms with Crippen LogP contribution in [0.25, 0.3) is 6.08 Å². The molecule has 0 saturated carbocycles. The Kier molecular flexibility index (Phi) is 5.85. The molecule has 1 saturated heterocycles. The van der Waals surface area contributed by atoms with Crippen LogP contribution in [0.15, 0.2) is 58.6 Å². The first-order chi connectivity index (χ1) is 13.4. The molecule has 0 bridgehead atoms. The third-order valence-corrected chi connectivity index (χ3v) is 4.16. The minimum Gasteiger partial charge on any atom is -0.484 e. The molecule has 8 nitrogen and oxygen atoms in total. The predicted molar refractivity (Wildman–Crippen MR) is 104 cm³/mol. The van der Waals surface area contributed by atoms with Gasteiger partial charge in [0.15, 0.2) is 6.61 Å². The summed E-state index contributed by atoms with van der Waals surface area (Å²) < 4.78 is 6.33. The molecule has 3 N–H and O–H groups in total. The molecule has 1 aliphatic rings. The number of barbiturate groups is 1. The summed E-state index contributed by atoms with van der Waals surface area (Å²) in [7, 11) is 0. The Morgan fingerprint density at radius 3 is 2.18 bits per heavy atom. The van der Waals surface area contributed by atoms with Gasteiger partial charge >= 0.3 is 6.03 Å². The highest BCUT2D eigenvalue weighted by Crippen LogP contribution is 2.17. The second kappa shape index (κ2) is 8.49. The van der Waals surface area contributed by atoms with Crippen LogP contribution in [-0.2, 0) is 14.4 Å². The fourth-order valence-electron chi connectivity index (χ4n) is 2.31. The average molecular weight is 444 g/mol. The molecular weight excluding hydrogens is 430 g/mol. The van der Waals surface area contributed by atoms with Crippen molar-refractivity contribution < 1.29 is 23.9 Å². The largest absolute Gasteiger partial charge is 0.484 e. The minimum atomic E-state index is -0.850. The van der Waals surface area contributed by atoms with Crippen molar-refractivity contribution in [2.75, 3.05) is 11.9 Å². The summed E-state index contributed by atoms with van der Waals surface area (Å²) in [6, 6.07) is 12.7. The van der Waals surface area contributed by atoms with Crippen LogP contribution in [0.3, 0.4) is 0 Å². The van der Waals surface area contributed by atoms with Crippen LogP contribution in [-0.4, -0.2) is 30.4 Å². The van der Waals surface area contributed by atoms with Crippen LogP contribution in [0.5, 0.6) is 5.75 Å². The van der Waals surface area contributed by atoms with Gasteiger partial charge in [0.05, 0.1) is 0 Å². The summed E-state index contributed by atoms with van der Waals surface area (Å²) in [5.41, 5.74) is 1.03. The van der Waals surface area contributed by atoms with E-state index >= 15 is 0 Å². The number of imide groups is 2. The van der Waals surface area contributed by atoms with Gasteiger partial charge in [-0.3, -0.25) is 25.0 Å². The van der Waals surface area contributed by atoms with E-state index in [9.17, 15) is 19.2 Å². The fraction of sp³-hybridized carbons (Fsp3) is 0.0526. The maximum Gasteiger partial charge on any atom is 0.328 e. The van der Waals surface area contributed by atoms with E-state index in [1.807, 2.05) is 22.8 Å². The van der Waals surface area contributed by atoms with Crippen LogP contribution in [0, 0.1) is 0 Å². The molecule has 0 atom stereocenters. The predicted octanol–water partition coefficient (Wildman–Crippen LogP) is 2.22. The second-order valence-corrected chi connectivity index (χ2v) is 6.62. The van der Waals surface area contributed by atoms with E-state index in [-0.39, 0.29) is 18.1 Å². The zero-order chi connectivity index (χ0) is 20.1. The molecule has 1 heterocycles. The quantitative estimate of drug-likeness (QED) is 0.484. The maximum atomic E-state index is 11.9. The number of benzene rings is 2. The molecule has 0 spiro atoms. The van der Waals surface area contributed by atoms with E-state index in [1.165, 1.54) is 6.08 Å². The van der Waals surface area contributed by atoms with Crippen molar-refractivity contribution in [2.45, 2.75) is 0 Å². The highest BCUT2D eigenvalue weighted by molar-refractivity contribution is 9.10. The number of amides is 5. The summed E-state index contributed by atoms with van der Waals surface area (Å²) in [6.45, 7) is -0.177. The van der Waals surface area contributed by atoms with Crippen molar-refractivity contribution in [1.82, 2.24) is 10.6 Å². The molecule has 5 amide bonds. The minimum absolute atomic E-state index is 0.177. The van der Waals surface area contributed by atoms with Crippen LogP contribution >= 0.6 is 15.9 Å². The number of nitrogens with one attached hydrogen (secondary N) is 3. The summed E-state index contributed by atoms with van der Waals surface area (Å²) in [5.74, 6) is -1.40. The van der Waals surface area contributed by atoms with Gasteiger partial charge in [-0.25, -0.2) is 4.79 Å². The number of halogens is 1. The molecule has 2 aromatic rings. The topological polar surface area (TPSA) is 114 Å². The third kappa shape index (κ3) is 5.04. The van der Waals surface area contributed by atoms with Crippen molar-refractivity contribution in [3.63, 3.8) is 0 Å². The van der Waals surface area contributed by atoms with E-state index in [0.29, 0.717) is 17.0 Å². The molecule has 9 heteroatoms. The smallest absolute Gasteiger partial charge is 0.328 e.